The standard InChI is InChI=1S/C17H22N4O5S3/c1-4-6-7-27-16-20-21-17(29-16)28-8-10(22)19-14-12(13(18)23)11(9(3)26-14)15(24)25-5-2/h4-8H2,1-3H3,(H2,18,23)(H,19,22). The number of carbonyl (C=O) groups is 3. The van der Waals surface area contributed by atoms with Gasteiger partial charge in [-0.3, -0.25) is 14.9 Å². The first-order valence-corrected chi connectivity index (χ1v) is 11.6. The molecule has 12 heteroatoms. The maximum absolute atomic E-state index is 12.3. The van der Waals surface area contributed by atoms with E-state index >= 15 is 0 Å². The van der Waals surface area contributed by atoms with Crippen LogP contribution in [0.3, 0.4) is 0 Å². The Hall–Kier alpha value is -2.05. The van der Waals surface area contributed by atoms with Crippen molar-refractivity contribution in [1.29, 1.82) is 0 Å². The number of hydrogen-bond donors (Lipinski definition) is 2. The minimum Gasteiger partial charge on any atom is -0.462 e. The van der Waals surface area contributed by atoms with Crippen LogP contribution in [0.2, 0.25) is 0 Å². The predicted octanol–water partition coefficient (Wildman–Crippen LogP) is 3.34. The third kappa shape index (κ3) is 6.47. The van der Waals surface area contributed by atoms with Gasteiger partial charge in [-0.2, -0.15) is 0 Å². The average molecular weight is 459 g/mol. The molecule has 0 saturated carbocycles. The number of anilines is 1. The highest BCUT2D eigenvalue weighted by Crippen LogP contribution is 2.30. The van der Waals surface area contributed by atoms with Gasteiger partial charge in [-0.25, -0.2) is 4.79 Å². The van der Waals surface area contributed by atoms with Crippen molar-refractivity contribution in [1.82, 2.24) is 10.2 Å². The Kier molecular flexibility index (Phi) is 8.99. The van der Waals surface area contributed by atoms with E-state index in [1.54, 1.807) is 18.7 Å². The second-order valence-electron chi connectivity index (χ2n) is 5.69. The third-order valence-corrected chi connectivity index (χ3v) is 6.78. The molecular weight excluding hydrogens is 436 g/mol. The summed E-state index contributed by atoms with van der Waals surface area (Å²) in [5, 5.41) is 10.6. The molecular formula is C17H22N4O5S3. The molecule has 2 aromatic rings. The van der Waals surface area contributed by atoms with Crippen LogP contribution in [0.25, 0.3) is 0 Å². The van der Waals surface area contributed by atoms with Gasteiger partial charge in [-0.15, -0.1) is 10.2 Å². The quantitative estimate of drug-likeness (QED) is 0.295. The van der Waals surface area contributed by atoms with Crippen molar-refractivity contribution in [3.63, 3.8) is 0 Å². The van der Waals surface area contributed by atoms with Crippen molar-refractivity contribution in [2.45, 2.75) is 42.3 Å². The summed E-state index contributed by atoms with van der Waals surface area (Å²) in [5.41, 5.74) is 5.09. The molecule has 9 nitrogen and oxygen atoms in total. The van der Waals surface area contributed by atoms with Gasteiger partial charge in [0.15, 0.2) is 8.68 Å². The maximum Gasteiger partial charge on any atom is 0.342 e. The number of primary amides is 1. The number of furan rings is 1. The molecule has 2 heterocycles. The Morgan fingerprint density at radius 1 is 1.17 bits per heavy atom. The van der Waals surface area contributed by atoms with Crippen molar-refractivity contribution < 1.29 is 23.5 Å². The number of amides is 2. The van der Waals surface area contributed by atoms with Gasteiger partial charge < -0.3 is 14.9 Å². The number of esters is 1. The molecule has 2 aromatic heterocycles. The molecule has 0 fully saturated rings. The van der Waals surface area contributed by atoms with Crippen LogP contribution in [-0.2, 0) is 9.53 Å². The topological polar surface area (TPSA) is 137 Å². The monoisotopic (exact) mass is 458 g/mol. The average Bonchev–Trinajstić information content (AvgIpc) is 3.24. The summed E-state index contributed by atoms with van der Waals surface area (Å²) in [6.45, 7) is 5.38. The molecule has 2 amide bonds. The Balaban J connectivity index is 2.01. The van der Waals surface area contributed by atoms with Gasteiger partial charge >= 0.3 is 5.97 Å². The molecule has 29 heavy (non-hydrogen) atoms. The lowest BCUT2D eigenvalue weighted by atomic mass is 10.1. The number of rotatable bonds is 11. The molecule has 158 valence electrons. The predicted molar refractivity (Wildman–Crippen MR) is 113 cm³/mol. The number of nitrogens with zero attached hydrogens (tertiary/aromatic N) is 2. The smallest absolute Gasteiger partial charge is 0.342 e. The molecule has 0 saturated heterocycles. The fraction of sp³-hybridized carbons (Fsp3) is 0.471. The van der Waals surface area contributed by atoms with E-state index in [0.717, 1.165) is 22.9 Å². The van der Waals surface area contributed by atoms with Gasteiger partial charge in [-0.05, 0) is 20.3 Å². The highest BCUT2D eigenvalue weighted by Gasteiger charge is 2.29. The van der Waals surface area contributed by atoms with Crippen LogP contribution >= 0.6 is 34.9 Å². The molecule has 0 aliphatic heterocycles. The number of nitrogens with one attached hydrogen (secondary N) is 1. The van der Waals surface area contributed by atoms with Crippen molar-refractivity contribution in [3.8, 4) is 0 Å². The number of carbonyl (C=O) groups excluding carboxylic acids is 3. The van der Waals surface area contributed by atoms with E-state index in [4.69, 9.17) is 14.9 Å². The summed E-state index contributed by atoms with van der Waals surface area (Å²) in [6, 6.07) is 0. The van der Waals surface area contributed by atoms with Crippen molar-refractivity contribution in [2.75, 3.05) is 23.4 Å². The van der Waals surface area contributed by atoms with Gasteiger partial charge in [0.1, 0.15) is 16.9 Å². The highest BCUT2D eigenvalue weighted by molar-refractivity contribution is 8.03. The van der Waals surface area contributed by atoms with Crippen LogP contribution in [0.15, 0.2) is 13.1 Å². The second kappa shape index (κ2) is 11.2. The summed E-state index contributed by atoms with van der Waals surface area (Å²) in [5.74, 6) is -1.09. The van der Waals surface area contributed by atoms with Crippen LogP contribution in [-0.4, -0.2) is 46.1 Å². The number of nitrogens with two attached hydrogens (primary N) is 1. The van der Waals surface area contributed by atoms with E-state index in [9.17, 15) is 14.4 Å². The van der Waals surface area contributed by atoms with E-state index in [1.807, 2.05) is 0 Å². The normalized spacial score (nSPS) is 10.7. The number of thioether (sulfide) groups is 2. The van der Waals surface area contributed by atoms with Crippen LogP contribution in [0.1, 0.15) is 53.2 Å². The molecule has 0 radical (unpaired) electrons. The fourth-order valence-electron chi connectivity index (χ4n) is 2.22. The van der Waals surface area contributed by atoms with E-state index in [2.05, 4.69) is 22.4 Å². The summed E-state index contributed by atoms with van der Waals surface area (Å²) < 4.78 is 11.8. The lowest BCUT2D eigenvalue weighted by Crippen LogP contribution is -2.21. The zero-order valence-corrected chi connectivity index (χ0v) is 18.7. The van der Waals surface area contributed by atoms with Gasteiger partial charge in [0.25, 0.3) is 5.91 Å². The van der Waals surface area contributed by atoms with E-state index in [1.165, 1.54) is 30.0 Å². The molecule has 0 atom stereocenters. The van der Waals surface area contributed by atoms with E-state index < -0.39 is 17.8 Å². The largest absolute Gasteiger partial charge is 0.462 e. The lowest BCUT2D eigenvalue weighted by Gasteiger charge is -2.04. The van der Waals surface area contributed by atoms with Gasteiger partial charge in [0.2, 0.25) is 11.8 Å². The molecule has 0 spiro atoms. The number of aryl methyl sites for hydroxylation is 1. The molecule has 0 aliphatic carbocycles. The van der Waals surface area contributed by atoms with Crippen LogP contribution in [0.4, 0.5) is 5.88 Å². The van der Waals surface area contributed by atoms with Crippen LogP contribution in [0.5, 0.6) is 0 Å². The maximum atomic E-state index is 12.3. The highest BCUT2D eigenvalue weighted by atomic mass is 32.2. The third-order valence-electron chi connectivity index (χ3n) is 3.50. The molecule has 3 N–H and O–H groups in total. The lowest BCUT2D eigenvalue weighted by molar-refractivity contribution is -0.113. The van der Waals surface area contributed by atoms with Gasteiger partial charge in [0, 0.05) is 5.75 Å². The Morgan fingerprint density at radius 3 is 2.48 bits per heavy atom. The van der Waals surface area contributed by atoms with Crippen molar-refractivity contribution in [2.24, 2.45) is 5.73 Å². The zero-order valence-electron chi connectivity index (χ0n) is 16.3. The first kappa shape index (κ1) is 23.2. The van der Waals surface area contributed by atoms with Crippen LogP contribution < -0.4 is 11.1 Å². The number of unbranched alkanes of at least 4 members (excludes halogenated alkanes) is 1. The first-order valence-electron chi connectivity index (χ1n) is 8.86. The van der Waals surface area contributed by atoms with E-state index in [-0.39, 0.29) is 35.1 Å². The van der Waals surface area contributed by atoms with Gasteiger partial charge in [-0.1, -0.05) is 48.2 Å². The van der Waals surface area contributed by atoms with E-state index in [0.29, 0.717) is 4.34 Å². The minimum atomic E-state index is -0.897. The Labute approximate surface area is 180 Å². The molecule has 0 aromatic carbocycles. The van der Waals surface area contributed by atoms with Crippen LogP contribution in [0, 0.1) is 6.92 Å². The SMILES string of the molecule is CCCCSc1nnc(SCC(=O)Nc2oc(C)c(C(=O)OCC)c2C(N)=O)s1. The van der Waals surface area contributed by atoms with Gasteiger partial charge in [0.05, 0.1) is 12.4 Å². The second-order valence-corrected chi connectivity index (χ2v) is 9.24. The number of hydrogen-bond acceptors (Lipinski definition) is 10. The Morgan fingerprint density at radius 2 is 1.86 bits per heavy atom. The fourth-order valence-corrected chi connectivity index (χ4v) is 5.20. The summed E-state index contributed by atoms with van der Waals surface area (Å²) in [4.78, 5) is 36.2. The molecule has 2 rings (SSSR count). The zero-order chi connectivity index (χ0) is 21.4. The number of aromatic nitrogens is 2. The summed E-state index contributed by atoms with van der Waals surface area (Å²) in [7, 11) is 0. The van der Waals surface area contributed by atoms with Crippen molar-refractivity contribution in [3.05, 3.63) is 16.9 Å². The first-order chi connectivity index (χ1) is 13.9. The number of ether oxygens (including phenoxy) is 1. The minimum absolute atomic E-state index is 0.0287. The summed E-state index contributed by atoms with van der Waals surface area (Å²) in [6.07, 6.45) is 2.22. The molecule has 0 aliphatic rings. The molecule has 0 bridgehead atoms. The summed E-state index contributed by atoms with van der Waals surface area (Å²) >= 11 is 4.28. The Bertz CT molecular complexity index is 881. The molecule has 0 unspecified atom stereocenters. The van der Waals surface area contributed by atoms with Crippen molar-refractivity contribution >= 4 is 58.5 Å².